The second-order valence-electron chi connectivity index (χ2n) is 6.27. The van der Waals surface area contributed by atoms with Gasteiger partial charge in [-0.1, -0.05) is 37.3 Å². The van der Waals surface area contributed by atoms with Crippen molar-refractivity contribution in [3.8, 4) is 5.75 Å². The van der Waals surface area contributed by atoms with Crippen LogP contribution in [0.3, 0.4) is 0 Å². The fourth-order valence-electron chi connectivity index (χ4n) is 2.79. The molecule has 3 aromatic rings. The lowest BCUT2D eigenvalue weighted by Gasteiger charge is -2.18. The molecule has 27 heavy (non-hydrogen) atoms. The molecule has 0 radical (unpaired) electrons. The third kappa shape index (κ3) is 4.85. The van der Waals surface area contributed by atoms with Gasteiger partial charge in [0.05, 0.1) is 0 Å². The second-order valence-corrected chi connectivity index (χ2v) is 6.27. The highest BCUT2D eigenvalue weighted by atomic mass is 16.5. The van der Waals surface area contributed by atoms with Crippen LogP contribution in [0.2, 0.25) is 0 Å². The highest BCUT2D eigenvalue weighted by molar-refractivity contribution is 5.95. The largest absolute Gasteiger partial charge is 0.481 e. The standard InChI is InChI=1S/C22H22N2O3/c1-3-21(27-20-13-8-16-6-4-5-7-17(16)14-20)22(26)24-19-11-9-18(10-12-19)23-15(2)25/h4-14,21H,3H2,1-2H3,(H,23,25)(H,24,26)/t21-/m1/s1. The van der Waals surface area contributed by atoms with Crippen molar-refractivity contribution in [1.29, 1.82) is 0 Å². The summed E-state index contributed by atoms with van der Waals surface area (Å²) in [6, 6.07) is 20.8. The quantitative estimate of drug-likeness (QED) is 0.674. The molecule has 0 aromatic heterocycles. The Bertz CT molecular complexity index is 951. The van der Waals surface area contributed by atoms with Crippen LogP contribution in [0.15, 0.2) is 66.7 Å². The van der Waals surface area contributed by atoms with Gasteiger partial charge < -0.3 is 15.4 Å². The normalized spacial score (nSPS) is 11.6. The summed E-state index contributed by atoms with van der Waals surface area (Å²) < 4.78 is 5.91. The van der Waals surface area contributed by atoms with Crippen LogP contribution in [0, 0.1) is 0 Å². The molecule has 3 rings (SSSR count). The minimum atomic E-state index is -0.596. The molecule has 0 bridgehead atoms. The number of nitrogens with one attached hydrogen (secondary N) is 2. The van der Waals surface area contributed by atoms with Gasteiger partial charge in [-0.25, -0.2) is 0 Å². The number of amides is 2. The summed E-state index contributed by atoms with van der Waals surface area (Å²) in [6.45, 7) is 3.36. The number of ether oxygens (including phenoxy) is 1. The second kappa shape index (κ2) is 8.36. The summed E-state index contributed by atoms with van der Waals surface area (Å²) in [4.78, 5) is 23.6. The first-order chi connectivity index (χ1) is 13.0. The van der Waals surface area contributed by atoms with Crippen LogP contribution < -0.4 is 15.4 Å². The van der Waals surface area contributed by atoms with Crippen molar-refractivity contribution in [2.45, 2.75) is 26.4 Å². The number of benzene rings is 3. The molecule has 0 unspecified atom stereocenters. The van der Waals surface area contributed by atoms with Gasteiger partial charge in [0.15, 0.2) is 6.10 Å². The van der Waals surface area contributed by atoms with Crippen LogP contribution in [0.5, 0.6) is 5.75 Å². The van der Waals surface area contributed by atoms with Gasteiger partial charge in [-0.2, -0.15) is 0 Å². The molecule has 0 saturated carbocycles. The van der Waals surface area contributed by atoms with Crippen LogP contribution >= 0.6 is 0 Å². The molecule has 0 fully saturated rings. The predicted octanol–water partition coefficient (Wildman–Crippen LogP) is 4.59. The van der Waals surface area contributed by atoms with Crippen LogP contribution in [0.1, 0.15) is 20.3 Å². The van der Waals surface area contributed by atoms with E-state index in [1.807, 2.05) is 49.4 Å². The van der Waals surface area contributed by atoms with Crippen LogP contribution in [0.25, 0.3) is 10.8 Å². The first kappa shape index (κ1) is 18.5. The number of carbonyl (C=O) groups is 2. The Hall–Kier alpha value is -3.34. The number of hydrogen-bond acceptors (Lipinski definition) is 3. The molecule has 2 N–H and O–H groups in total. The molecule has 5 nitrogen and oxygen atoms in total. The van der Waals surface area contributed by atoms with Crippen LogP contribution in [-0.2, 0) is 9.59 Å². The van der Waals surface area contributed by atoms with Gasteiger partial charge >= 0.3 is 0 Å². The molecule has 0 saturated heterocycles. The van der Waals surface area contributed by atoms with Gasteiger partial charge in [0, 0.05) is 18.3 Å². The number of anilines is 2. The fraction of sp³-hybridized carbons (Fsp3) is 0.182. The van der Waals surface area contributed by atoms with E-state index in [0.717, 1.165) is 10.8 Å². The maximum absolute atomic E-state index is 12.6. The van der Waals surface area contributed by atoms with E-state index in [1.54, 1.807) is 24.3 Å². The zero-order valence-corrected chi connectivity index (χ0v) is 15.4. The van der Waals surface area contributed by atoms with E-state index in [4.69, 9.17) is 4.74 Å². The Balaban J connectivity index is 1.67. The summed E-state index contributed by atoms with van der Waals surface area (Å²) in [6.07, 6.45) is -0.0518. The van der Waals surface area contributed by atoms with E-state index in [-0.39, 0.29) is 11.8 Å². The van der Waals surface area contributed by atoms with Gasteiger partial charge in [0.25, 0.3) is 5.91 Å². The van der Waals surface area contributed by atoms with Gasteiger partial charge in [-0.15, -0.1) is 0 Å². The molecule has 138 valence electrons. The monoisotopic (exact) mass is 362 g/mol. The minimum Gasteiger partial charge on any atom is -0.481 e. The first-order valence-electron chi connectivity index (χ1n) is 8.89. The van der Waals surface area contributed by atoms with Crippen molar-refractivity contribution < 1.29 is 14.3 Å². The van der Waals surface area contributed by atoms with Gasteiger partial charge in [-0.05, 0) is 53.6 Å². The van der Waals surface area contributed by atoms with Gasteiger partial charge in [0.2, 0.25) is 5.91 Å². The number of fused-ring (bicyclic) bond motifs is 1. The van der Waals surface area contributed by atoms with Crippen molar-refractivity contribution in [3.05, 3.63) is 66.7 Å². The van der Waals surface area contributed by atoms with E-state index in [0.29, 0.717) is 23.5 Å². The van der Waals surface area contributed by atoms with Crippen molar-refractivity contribution in [2.24, 2.45) is 0 Å². The molecule has 0 aliphatic carbocycles. The van der Waals surface area contributed by atoms with E-state index in [9.17, 15) is 9.59 Å². The van der Waals surface area contributed by atoms with Crippen molar-refractivity contribution >= 4 is 34.0 Å². The maximum atomic E-state index is 12.6. The summed E-state index contributed by atoms with van der Waals surface area (Å²) >= 11 is 0. The smallest absolute Gasteiger partial charge is 0.265 e. The lowest BCUT2D eigenvalue weighted by Crippen LogP contribution is -2.32. The van der Waals surface area contributed by atoms with Crippen LogP contribution in [-0.4, -0.2) is 17.9 Å². The SMILES string of the molecule is CC[C@@H](Oc1ccc2ccccc2c1)C(=O)Nc1ccc(NC(C)=O)cc1. The summed E-state index contributed by atoms with van der Waals surface area (Å²) in [5, 5.41) is 7.74. The maximum Gasteiger partial charge on any atom is 0.265 e. The zero-order valence-electron chi connectivity index (χ0n) is 15.4. The molecule has 0 spiro atoms. The minimum absolute atomic E-state index is 0.137. The zero-order chi connectivity index (χ0) is 19.2. The average molecular weight is 362 g/mol. The molecule has 3 aromatic carbocycles. The van der Waals surface area contributed by atoms with E-state index in [1.165, 1.54) is 6.92 Å². The summed E-state index contributed by atoms with van der Waals surface area (Å²) in [5.74, 6) is 0.316. The fourth-order valence-corrected chi connectivity index (χ4v) is 2.79. The lowest BCUT2D eigenvalue weighted by molar-refractivity contribution is -0.122. The Morgan fingerprint density at radius 3 is 2.15 bits per heavy atom. The summed E-state index contributed by atoms with van der Waals surface area (Å²) in [5.41, 5.74) is 1.33. The first-order valence-corrected chi connectivity index (χ1v) is 8.89. The van der Waals surface area contributed by atoms with Crippen LogP contribution in [0.4, 0.5) is 11.4 Å². The summed E-state index contributed by atoms with van der Waals surface area (Å²) in [7, 11) is 0. The molecular formula is C22H22N2O3. The molecule has 0 aliphatic heterocycles. The Morgan fingerprint density at radius 1 is 0.889 bits per heavy atom. The van der Waals surface area contributed by atoms with Gasteiger partial charge in [-0.3, -0.25) is 9.59 Å². The Morgan fingerprint density at radius 2 is 1.52 bits per heavy atom. The highest BCUT2D eigenvalue weighted by Crippen LogP contribution is 2.22. The van der Waals surface area contributed by atoms with Gasteiger partial charge in [0.1, 0.15) is 5.75 Å². The molecule has 5 heteroatoms. The molecule has 1 atom stereocenters. The van der Waals surface area contributed by atoms with E-state index < -0.39 is 6.10 Å². The van der Waals surface area contributed by atoms with E-state index >= 15 is 0 Å². The average Bonchev–Trinajstić information content (AvgIpc) is 2.67. The Kier molecular flexibility index (Phi) is 5.71. The molecule has 2 amide bonds. The topological polar surface area (TPSA) is 67.4 Å². The molecule has 0 aliphatic rings. The molecule has 0 heterocycles. The molecular weight excluding hydrogens is 340 g/mol. The van der Waals surface area contributed by atoms with Crippen molar-refractivity contribution in [1.82, 2.24) is 0 Å². The lowest BCUT2D eigenvalue weighted by atomic mass is 10.1. The van der Waals surface area contributed by atoms with E-state index in [2.05, 4.69) is 10.6 Å². The predicted molar refractivity (Wildman–Crippen MR) is 108 cm³/mol. The number of hydrogen-bond donors (Lipinski definition) is 2. The third-order valence-corrected chi connectivity index (χ3v) is 4.14. The van der Waals surface area contributed by atoms with Crippen molar-refractivity contribution in [2.75, 3.05) is 10.6 Å². The number of rotatable bonds is 6. The number of carbonyl (C=O) groups excluding carboxylic acids is 2. The Labute approximate surface area is 158 Å². The third-order valence-electron chi connectivity index (χ3n) is 4.14. The van der Waals surface area contributed by atoms with Crippen molar-refractivity contribution in [3.63, 3.8) is 0 Å². The highest BCUT2D eigenvalue weighted by Gasteiger charge is 2.18.